The Labute approximate surface area is 178 Å². The van der Waals surface area contributed by atoms with Crippen molar-refractivity contribution in [3.63, 3.8) is 0 Å². The second-order valence-corrected chi connectivity index (χ2v) is 7.53. The number of nitrogens with one attached hydrogen (secondary N) is 1. The molecule has 0 unspecified atom stereocenters. The summed E-state index contributed by atoms with van der Waals surface area (Å²) in [6, 6.07) is 14.8. The van der Waals surface area contributed by atoms with E-state index in [1.54, 1.807) is 18.2 Å². The van der Waals surface area contributed by atoms with Crippen molar-refractivity contribution in [1.82, 2.24) is 15.1 Å². The van der Waals surface area contributed by atoms with E-state index in [2.05, 4.69) is 10.4 Å². The highest BCUT2D eigenvalue weighted by molar-refractivity contribution is 5.79. The van der Waals surface area contributed by atoms with Gasteiger partial charge in [-0.25, -0.2) is 8.78 Å². The van der Waals surface area contributed by atoms with Crippen molar-refractivity contribution in [2.24, 2.45) is 5.92 Å². The molecule has 1 aliphatic heterocycles. The Kier molecular flexibility index (Phi) is 6.06. The number of piperidine rings is 1. The summed E-state index contributed by atoms with van der Waals surface area (Å²) in [6.45, 7) is 1.53. The Balaban J connectivity index is 1.37. The van der Waals surface area contributed by atoms with E-state index >= 15 is 0 Å². The summed E-state index contributed by atoms with van der Waals surface area (Å²) in [4.78, 5) is 26.7. The fraction of sp³-hybridized carbons (Fsp3) is 0.261. The first-order valence-corrected chi connectivity index (χ1v) is 10.1. The fourth-order valence-electron chi connectivity index (χ4n) is 3.69. The van der Waals surface area contributed by atoms with Gasteiger partial charge in [0.1, 0.15) is 17.5 Å². The molecule has 0 saturated carbocycles. The predicted molar refractivity (Wildman–Crippen MR) is 113 cm³/mol. The van der Waals surface area contributed by atoms with Crippen LogP contribution in [0.5, 0.6) is 0 Å². The molecule has 8 heteroatoms. The van der Waals surface area contributed by atoms with E-state index in [0.29, 0.717) is 44.0 Å². The van der Waals surface area contributed by atoms with Crippen LogP contribution in [-0.4, -0.2) is 28.8 Å². The summed E-state index contributed by atoms with van der Waals surface area (Å²) in [5.74, 6) is -0.260. The minimum absolute atomic E-state index is 0.0480. The summed E-state index contributed by atoms with van der Waals surface area (Å²) in [6.07, 6.45) is 1.29. The zero-order valence-corrected chi connectivity index (χ0v) is 16.8. The Bertz CT molecular complexity index is 1120. The Morgan fingerprint density at radius 2 is 1.74 bits per heavy atom. The molecule has 0 bridgehead atoms. The molecule has 2 aromatic carbocycles. The zero-order chi connectivity index (χ0) is 21.8. The highest BCUT2D eigenvalue weighted by Crippen LogP contribution is 2.22. The van der Waals surface area contributed by atoms with Crippen LogP contribution in [0.25, 0.3) is 5.69 Å². The molecule has 2 heterocycles. The van der Waals surface area contributed by atoms with Crippen molar-refractivity contribution < 1.29 is 13.6 Å². The second kappa shape index (κ2) is 9.07. The average molecular weight is 424 g/mol. The predicted octanol–water partition coefficient (Wildman–Crippen LogP) is 3.04. The van der Waals surface area contributed by atoms with Gasteiger partial charge < -0.3 is 10.2 Å². The van der Waals surface area contributed by atoms with Crippen LogP contribution in [0.15, 0.2) is 65.5 Å². The van der Waals surface area contributed by atoms with Crippen molar-refractivity contribution >= 4 is 11.7 Å². The molecule has 1 aliphatic rings. The fourth-order valence-corrected chi connectivity index (χ4v) is 3.69. The van der Waals surface area contributed by atoms with Gasteiger partial charge in [0.25, 0.3) is 5.56 Å². The lowest BCUT2D eigenvalue weighted by Gasteiger charge is -2.32. The molecule has 0 spiro atoms. The number of amides is 1. The molecule has 1 aromatic heterocycles. The maximum absolute atomic E-state index is 13.3. The molecule has 31 heavy (non-hydrogen) atoms. The van der Waals surface area contributed by atoms with Crippen molar-refractivity contribution in [2.45, 2.75) is 19.4 Å². The van der Waals surface area contributed by atoms with Crippen molar-refractivity contribution in [2.75, 3.05) is 18.0 Å². The number of hydrogen-bond donors (Lipinski definition) is 1. The van der Waals surface area contributed by atoms with Gasteiger partial charge in [-0.2, -0.15) is 4.68 Å². The third kappa shape index (κ3) is 4.96. The van der Waals surface area contributed by atoms with Gasteiger partial charge in [0.05, 0.1) is 5.69 Å². The third-order valence-corrected chi connectivity index (χ3v) is 5.40. The standard InChI is InChI=1S/C23H22F2N4O2/c24-18-4-6-20(7-5-18)29-22(30)9-8-21(27-29)28-12-10-17(11-13-28)23(31)26-15-16-2-1-3-19(25)14-16/h1-9,14,17H,10-13,15H2,(H,26,31). The number of nitrogens with zero attached hydrogens (tertiary/aromatic N) is 3. The molecule has 3 aromatic rings. The highest BCUT2D eigenvalue weighted by atomic mass is 19.1. The first-order chi connectivity index (χ1) is 15.0. The zero-order valence-electron chi connectivity index (χ0n) is 16.8. The topological polar surface area (TPSA) is 67.2 Å². The Morgan fingerprint density at radius 1 is 1.00 bits per heavy atom. The van der Waals surface area contributed by atoms with E-state index in [1.165, 1.54) is 47.1 Å². The first-order valence-electron chi connectivity index (χ1n) is 10.1. The van der Waals surface area contributed by atoms with E-state index in [1.807, 2.05) is 4.90 Å². The summed E-state index contributed by atoms with van der Waals surface area (Å²) in [5, 5.41) is 7.30. The smallest absolute Gasteiger partial charge is 0.271 e. The van der Waals surface area contributed by atoms with Gasteiger partial charge in [0.15, 0.2) is 0 Å². The monoisotopic (exact) mass is 424 g/mol. The van der Waals surface area contributed by atoms with E-state index in [0.717, 1.165) is 5.56 Å². The summed E-state index contributed by atoms with van der Waals surface area (Å²) in [5.41, 5.74) is 0.903. The number of aromatic nitrogens is 2. The van der Waals surface area contributed by atoms with Gasteiger partial charge in [-0.1, -0.05) is 12.1 Å². The summed E-state index contributed by atoms with van der Waals surface area (Å²) >= 11 is 0. The molecule has 1 saturated heterocycles. The Hall–Kier alpha value is -3.55. The van der Waals surface area contributed by atoms with Crippen molar-refractivity contribution in [1.29, 1.82) is 0 Å². The van der Waals surface area contributed by atoms with Gasteiger partial charge in [-0.3, -0.25) is 9.59 Å². The first kappa shape index (κ1) is 20.7. The number of carbonyl (C=O) groups excluding carboxylic acids is 1. The minimum atomic E-state index is -0.384. The van der Waals surface area contributed by atoms with Gasteiger partial charge in [-0.05, 0) is 60.9 Å². The molecule has 4 rings (SSSR count). The van der Waals surface area contributed by atoms with Crippen LogP contribution in [0.1, 0.15) is 18.4 Å². The van der Waals surface area contributed by atoms with Crippen molar-refractivity contribution in [3.8, 4) is 5.69 Å². The van der Waals surface area contributed by atoms with Crippen LogP contribution in [-0.2, 0) is 11.3 Å². The number of hydrogen-bond acceptors (Lipinski definition) is 4. The largest absolute Gasteiger partial charge is 0.355 e. The SMILES string of the molecule is O=C(NCc1cccc(F)c1)C1CCN(c2ccc(=O)n(-c3ccc(F)cc3)n2)CC1. The van der Waals surface area contributed by atoms with Crippen LogP contribution >= 0.6 is 0 Å². The number of rotatable bonds is 5. The summed E-state index contributed by atoms with van der Waals surface area (Å²) in [7, 11) is 0. The van der Waals surface area contributed by atoms with Crippen LogP contribution in [0.2, 0.25) is 0 Å². The molecule has 1 amide bonds. The van der Waals surface area contributed by atoms with E-state index in [-0.39, 0.29) is 29.0 Å². The molecule has 0 atom stereocenters. The Morgan fingerprint density at radius 3 is 2.45 bits per heavy atom. The van der Waals surface area contributed by atoms with Crippen LogP contribution in [0, 0.1) is 17.6 Å². The van der Waals surface area contributed by atoms with E-state index in [4.69, 9.17) is 0 Å². The third-order valence-electron chi connectivity index (χ3n) is 5.40. The number of benzene rings is 2. The maximum Gasteiger partial charge on any atom is 0.271 e. The molecule has 0 radical (unpaired) electrons. The van der Waals surface area contributed by atoms with Gasteiger partial charge in [0, 0.05) is 31.6 Å². The van der Waals surface area contributed by atoms with Gasteiger partial charge in [-0.15, -0.1) is 5.10 Å². The van der Waals surface area contributed by atoms with Crippen LogP contribution in [0.4, 0.5) is 14.6 Å². The average Bonchev–Trinajstić information content (AvgIpc) is 2.79. The molecule has 1 fully saturated rings. The number of carbonyl (C=O) groups is 1. The molecule has 160 valence electrons. The molecule has 1 N–H and O–H groups in total. The van der Waals surface area contributed by atoms with Crippen molar-refractivity contribution in [3.05, 3.63) is 88.2 Å². The lowest BCUT2D eigenvalue weighted by Crippen LogP contribution is -2.41. The van der Waals surface area contributed by atoms with Crippen LogP contribution < -0.4 is 15.8 Å². The lowest BCUT2D eigenvalue weighted by atomic mass is 9.96. The van der Waals surface area contributed by atoms with E-state index in [9.17, 15) is 18.4 Å². The van der Waals surface area contributed by atoms with Gasteiger partial charge in [0.2, 0.25) is 5.91 Å². The van der Waals surface area contributed by atoms with E-state index < -0.39 is 0 Å². The quantitative estimate of drug-likeness (QED) is 0.684. The van der Waals surface area contributed by atoms with Gasteiger partial charge >= 0.3 is 0 Å². The minimum Gasteiger partial charge on any atom is -0.355 e. The molecular formula is C23H22F2N4O2. The molecule has 0 aliphatic carbocycles. The normalized spacial score (nSPS) is 14.5. The second-order valence-electron chi connectivity index (χ2n) is 7.53. The lowest BCUT2D eigenvalue weighted by molar-refractivity contribution is -0.125. The number of anilines is 1. The molecule has 6 nitrogen and oxygen atoms in total. The number of halogens is 2. The maximum atomic E-state index is 13.3. The highest BCUT2D eigenvalue weighted by Gasteiger charge is 2.26. The molecular weight excluding hydrogens is 402 g/mol. The summed E-state index contributed by atoms with van der Waals surface area (Å²) < 4.78 is 27.7. The van der Waals surface area contributed by atoms with Crippen LogP contribution in [0.3, 0.4) is 0 Å².